The number of morpholine rings is 1. The van der Waals surface area contributed by atoms with Gasteiger partial charge in [0.05, 0.1) is 22.8 Å². The summed E-state index contributed by atoms with van der Waals surface area (Å²) in [6.07, 6.45) is 4.62. The zero-order valence-corrected chi connectivity index (χ0v) is 12.8. The second-order valence-electron chi connectivity index (χ2n) is 4.32. The van der Waals surface area contributed by atoms with Crippen molar-refractivity contribution in [1.29, 1.82) is 0 Å². The van der Waals surface area contributed by atoms with Crippen molar-refractivity contribution in [1.82, 2.24) is 15.3 Å². The fraction of sp³-hybridized carbons (Fsp3) is 0.667. The average molecular weight is 362 g/mol. The Morgan fingerprint density at radius 3 is 3.28 bits per heavy atom. The third-order valence-corrected chi connectivity index (χ3v) is 3.72. The molecule has 0 aromatic carbocycles. The molecule has 100 valence electrons. The number of ether oxygens (including phenoxy) is 1. The molecule has 1 aromatic rings. The minimum absolute atomic E-state index is 0.355. The number of nitrogens with zero attached hydrogens (tertiary/aromatic N) is 3. The van der Waals surface area contributed by atoms with Gasteiger partial charge in [-0.25, -0.2) is 9.97 Å². The minimum Gasteiger partial charge on any atom is -0.377 e. The maximum Gasteiger partial charge on any atom is 0.145 e. The number of hydrogen-bond donors (Lipinski definition) is 1. The molecule has 0 amide bonds. The van der Waals surface area contributed by atoms with Crippen molar-refractivity contribution in [3.63, 3.8) is 0 Å². The fourth-order valence-electron chi connectivity index (χ4n) is 2.07. The largest absolute Gasteiger partial charge is 0.377 e. The Morgan fingerprint density at radius 2 is 2.50 bits per heavy atom. The topological polar surface area (TPSA) is 50.3 Å². The van der Waals surface area contributed by atoms with Crippen molar-refractivity contribution in [3.8, 4) is 0 Å². The second kappa shape index (κ2) is 7.20. The zero-order valence-electron chi connectivity index (χ0n) is 10.6. The van der Waals surface area contributed by atoms with Crippen molar-refractivity contribution in [2.45, 2.75) is 19.4 Å². The van der Waals surface area contributed by atoms with Crippen molar-refractivity contribution in [3.05, 3.63) is 16.1 Å². The first-order chi connectivity index (χ1) is 8.83. The van der Waals surface area contributed by atoms with Crippen LogP contribution in [-0.2, 0) is 4.74 Å². The molecule has 1 fully saturated rings. The Labute approximate surface area is 121 Å². The van der Waals surface area contributed by atoms with E-state index in [0.29, 0.717) is 6.04 Å². The molecule has 1 aliphatic rings. The highest BCUT2D eigenvalue weighted by Gasteiger charge is 2.25. The van der Waals surface area contributed by atoms with Gasteiger partial charge in [-0.2, -0.15) is 0 Å². The lowest BCUT2D eigenvalue weighted by Gasteiger charge is -2.37. The molecule has 0 aliphatic carbocycles. The van der Waals surface area contributed by atoms with Crippen LogP contribution in [-0.4, -0.2) is 48.9 Å². The molecule has 6 heteroatoms. The SMILES string of the molecule is CCCNCC1COCCN1c1ncncc1I. The Morgan fingerprint density at radius 1 is 1.61 bits per heavy atom. The molecule has 1 aromatic heterocycles. The molecule has 1 N–H and O–H groups in total. The van der Waals surface area contributed by atoms with Gasteiger partial charge in [0.15, 0.2) is 0 Å². The predicted octanol–water partition coefficient (Wildman–Crippen LogP) is 1.29. The Kier molecular flexibility index (Phi) is 5.58. The highest BCUT2D eigenvalue weighted by atomic mass is 127. The number of anilines is 1. The maximum absolute atomic E-state index is 5.58. The number of aromatic nitrogens is 2. The molecule has 0 spiro atoms. The summed E-state index contributed by atoms with van der Waals surface area (Å²) in [5, 5.41) is 3.46. The fourth-order valence-corrected chi connectivity index (χ4v) is 2.68. The number of hydrogen-bond acceptors (Lipinski definition) is 5. The molecule has 1 unspecified atom stereocenters. The first kappa shape index (κ1) is 14.0. The second-order valence-corrected chi connectivity index (χ2v) is 5.48. The summed E-state index contributed by atoms with van der Waals surface area (Å²) in [4.78, 5) is 10.8. The van der Waals surface area contributed by atoms with Gasteiger partial charge in [0.1, 0.15) is 12.1 Å². The lowest BCUT2D eigenvalue weighted by Crippen LogP contribution is -2.51. The van der Waals surface area contributed by atoms with E-state index in [9.17, 15) is 0 Å². The van der Waals surface area contributed by atoms with E-state index in [1.807, 2.05) is 6.20 Å². The number of halogens is 1. The van der Waals surface area contributed by atoms with Crippen LogP contribution in [0.1, 0.15) is 13.3 Å². The van der Waals surface area contributed by atoms with E-state index in [4.69, 9.17) is 4.74 Å². The van der Waals surface area contributed by atoms with E-state index in [0.717, 1.165) is 48.7 Å². The van der Waals surface area contributed by atoms with Crippen molar-refractivity contribution >= 4 is 28.4 Å². The normalized spacial score (nSPS) is 20.1. The maximum atomic E-state index is 5.58. The Balaban J connectivity index is 2.05. The molecule has 0 saturated carbocycles. The van der Waals surface area contributed by atoms with E-state index in [1.165, 1.54) is 0 Å². The van der Waals surface area contributed by atoms with Crippen molar-refractivity contribution in [2.24, 2.45) is 0 Å². The molecule has 1 aliphatic heterocycles. The molecular weight excluding hydrogens is 343 g/mol. The third-order valence-electron chi connectivity index (χ3n) is 2.95. The summed E-state index contributed by atoms with van der Waals surface area (Å²) in [7, 11) is 0. The van der Waals surface area contributed by atoms with Gasteiger partial charge in [0.25, 0.3) is 0 Å². The van der Waals surface area contributed by atoms with Crippen LogP contribution >= 0.6 is 22.6 Å². The molecular formula is C12H19IN4O. The molecule has 5 nitrogen and oxygen atoms in total. The van der Waals surface area contributed by atoms with Gasteiger partial charge in [-0.3, -0.25) is 0 Å². The van der Waals surface area contributed by atoms with E-state index in [-0.39, 0.29) is 0 Å². The third kappa shape index (κ3) is 3.52. The van der Waals surface area contributed by atoms with Gasteiger partial charge in [-0.1, -0.05) is 6.92 Å². The number of nitrogens with one attached hydrogen (secondary N) is 1. The molecule has 1 atom stereocenters. The van der Waals surface area contributed by atoms with Crippen LogP contribution in [0.2, 0.25) is 0 Å². The van der Waals surface area contributed by atoms with Crippen LogP contribution in [0, 0.1) is 3.57 Å². The van der Waals surface area contributed by atoms with Gasteiger partial charge in [0, 0.05) is 19.3 Å². The van der Waals surface area contributed by atoms with Gasteiger partial charge in [-0.15, -0.1) is 0 Å². The Bertz CT molecular complexity index is 377. The highest BCUT2D eigenvalue weighted by Crippen LogP contribution is 2.22. The smallest absolute Gasteiger partial charge is 0.145 e. The average Bonchev–Trinajstić information content (AvgIpc) is 2.40. The lowest BCUT2D eigenvalue weighted by atomic mass is 10.2. The van der Waals surface area contributed by atoms with E-state index >= 15 is 0 Å². The van der Waals surface area contributed by atoms with Gasteiger partial charge < -0.3 is 15.0 Å². The van der Waals surface area contributed by atoms with Crippen molar-refractivity contribution in [2.75, 3.05) is 37.7 Å². The minimum atomic E-state index is 0.355. The van der Waals surface area contributed by atoms with E-state index in [1.54, 1.807) is 6.33 Å². The quantitative estimate of drug-likeness (QED) is 0.632. The van der Waals surface area contributed by atoms with Crippen molar-refractivity contribution < 1.29 is 4.74 Å². The van der Waals surface area contributed by atoms with Gasteiger partial charge in [-0.05, 0) is 35.6 Å². The van der Waals surface area contributed by atoms with Gasteiger partial charge >= 0.3 is 0 Å². The van der Waals surface area contributed by atoms with Crippen LogP contribution in [0.4, 0.5) is 5.82 Å². The first-order valence-corrected chi connectivity index (χ1v) is 7.41. The lowest BCUT2D eigenvalue weighted by molar-refractivity contribution is 0.0933. The standard InChI is InChI=1S/C12H19IN4O/c1-2-3-14-6-10-8-18-5-4-17(10)12-11(13)7-15-9-16-12/h7,9-10,14H,2-6,8H2,1H3. The summed E-state index contributed by atoms with van der Waals surface area (Å²) in [6.45, 7) is 6.58. The summed E-state index contributed by atoms with van der Waals surface area (Å²) in [5.74, 6) is 1.03. The molecule has 1 saturated heterocycles. The summed E-state index contributed by atoms with van der Waals surface area (Å²) >= 11 is 2.29. The van der Waals surface area contributed by atoms with E-state index < -0.39 is 0 Å². The molecule has 18 heavy (non-hydrogen) atoms. The highest BCUT2D eigenvalue weighted by molar-refractivity contribution is 14.1. The summed E-state index contributed by atoms with van der Waals surface area (Å²) in [5.41, 5.74) is 0. The first-order valence-electron chi connectivity index (χ1n) is 6.33. The van der Waals surface area contributed by atoms with Crippen LogP contribution < -0.4 is 10.2 Å². The van der Waals surface area contributed by atoms with Crippen LogP contribution in [0.3, 0.4) is 0 Å². The molecule has 0 bridgehead atoms. The monoisotopic (exact) mass is 362 g/mol. The molecule has 0 radical (unpaired) electrons. The summed E-state index contributed by atoms with van der Waals surface area (Å²) < 4.78 is 6.67. The Hall–Kier alpha value is -0.470. The molecule has 2 heterocycles. The van der Waals surface area contributed by atoms with Gasteiger partial charge in [0.2, 0.25) is 0 Å². The summed E-state index contributed by atoms with van der Waals surface area (Å²) in [6, 6.07) is 0.355. The molecule has 2 rings (SSSR count). The number of rotatable bonds is 5. The van der Waals surface area contributed by atoms with Crippen LogP contribution in [0.25, 0.3) is 0 Å². The zero-order chi connectivity index (χ0) is 12.8. The van der Waals surface area contributed by atoms with Crippen LogP contribution in [0.15, 0.2) is 12.5 Å². The van der Waals surface area contributed by atoms with Crippen LogP contribution in [0.5, 0.6) is 0 Å². The predicted molar refractivity (Wildman–Crippen MR) is 79.9 cm³/mol. The van der Waals surface area contributed by atoms with E-state index in [2.05, 4.69) is 49.7 Å².